The molecular formula is C31H39NO2. The molecule has 1 atom stereocenters. The van der Waals surface area contributed by atoms with Crippen molar-refractivity contribution < 1.29 is 9.84 Å². The van der Waals surface area contributed by atoms with E-state index in [0.717, 1.165) is 57.8 Å². The van der Waals surface area contributed by atoms with E-state index in [4.69, 9.17) is 9.72 Å². The van der Waals surface area contributed by atoms with E-state index in [9.17, 15) is 5.11 Å². The molecule has 0 amide bonds. The zero-order valence-electron chi connectivity index (χ0n) is 21.5. The summed E-state index contributed by atoms with van der Waals surface area (Å²) in [5, 5.41) is 11.0. The van der Waals surface area contributed by atoms with Gasteiger partial charge in [0.05, 0.1) is 11.8 Å². The zero-order valence-corrected chi connectivity index (χ0v) is 21.5. The quantitative estimate of drug-likeness (QED) is 0.332. The number of aromatic nitrogens is 1. The predicted octanol–water partition coefficient (Wildman–Crippen LogP) is 8.44. The van der Waals surface area contributed by atoms with Gasteiger partial charge >= 0.3 is 0 Å². The van der Waals surface area contributed by atoms with Crippen LogP contribution in [0.2, 0.25) is 0 Å². The third-order valence-electron chi connectivity index (χ3n) is 5.98. The van der Waals surface area contributed by atoms with E-state index < -0.39 is 6.10 Å². The molecule has 34 heavy (non-hydrogen) atoms. The van der Waals surface area contributed by atoms with Crippen LogP contribution in [-0.2, 0) is 6.61 Å². The molecule has 1 N–H and O–H groups in total. The van der Waals surface area contributed by atoms with Gasteiger partial charge in [-0.05, 0) is 36.8 Å². The minimum absolute atomic E-state index is 0.187. The average Bonchev–Trinajstić information content (AvgIpc) is 2.82. The standard InChI is InChI=1S/C31H39NO2/c1-7-8-10-18-26-29(28(23(6)33)31(22(4)5)32-30(26)21(2)3)25-17-13-14-19-27(25)34-20-24-15-11-9-12-16-24/h9-19,21-23,33H,7-8,20H2,1-6H3/b18-10+. The molecule has 1 heterocycles. The lowest BCUT2D eigenvalue weighted by Crippen LogP contribution is -2.13. The first-order valence-electron chi connectivity index (χ1n) is 12.5. The Morgan fingerprint density at radius 2 is 1.53 bits per heavy atom. The van der Waals surface area contributed by atoms with Crippen molar-refractivity contribution in [3.8, 4) is 16.9 Å². The topological polar surface area (TPSA) is 42.4 Å². The third-order valence-corrected chi connectivity index (χ3v) is 5.98. The fraction of sp³-hybridized carbons (Fsp3) is 0.387. The highest BCUT2D eigenvalue weighted by atomic mass is 16.5. The zero-order chi connectivity index (χ0) is 24.7. The molecule has 0 bridgehead atoms. The summed E-state index contributed by atoms with van der Waals surface area (Å²) in [5.41, 5.74) is 7.15. The Labute approximate surface area is 205 Å². The van der Waals surface area contributed by atoms with Crippen molar-refractivity contribution in [3.05, 3.63) is 88.8 Å². The summed E-state index contributed by atoms with van der Waals surface area (Å²) in [6.07, 6.45) is 5.85. The van der Waals surface area contributed by atoms with Gasteiger partial charge < -0.3 is 9.84 Å². The van der Waals surface area contributed by atoms with Crippen molar-refractivity contribution in [2.45, 2.75) is 78.9 Å². The highest BCUT2D eigenvalue weighted by molar-refractivity contribution is 5.84. The van der Waals surface area contributed by atoms with Gasteiger partial charge in [-0.3, -0.25) is 4.98 Å². The Kier molecular flexibility index (Phi) is 9.06. The summed E-state index contributed by atoms with van der Waals surface area (Å²) in [4.78, 5) is 5.13. The molecule has 3 nitrogen and oxygen atoms in total. The van der Waals surface area contributed by atoms with Gasteiger partial charge in [0.2, 0.25) is 0 Å². The second-order valence-electron chi connectivity index (χ2n) is 9.53. The first kappa shape index (κ1) is 25.7. The van der Waals surface area contributed by atoms with Gasteiger partial charge in [0, 0.05) is 27.9 Å². The number of hydrogen-bond donors (Lipinski definition) is 1. The van der Waals surface area contributed by atoms with Crippen molar-refractivity contribution in [3.63, 3.8) is 0 Å². The highest BCUT2D eigenvalue weighted by Gasteiger charge is 2.26. The molecule has 3 rings (SSSR count). The van der Waals surface area contributed by atoms with E-state index >= 15 is 0 Å². The fourth-order valence-corrected chi connectivity index (χ4v) is 4.32. The predicted molar refractivity (Wildman–Crippen MR) is 143 cm³/mol. The Bertz CT molecular complexity index is 1100. The van der Waals surface area contributed by atoms with Gasteiger partial charge in [-0.25, -0.2) is 0 Å². The summed E-state index contributed by atoms with van der Waals surface area (Å²) in [6, 6.07) is 18.4. The molecule has 0 radical (unpaired) electrons. The summed E-state index contributed by atoms with van der Waals surface area (Å²) >= 11 is 0. The van der Waals surface area contributed by atoms with E-state index in [0.29, 0.717) is 6.61 Å². The number of benzene rings is 2. The molecule has 1 aromatic heterocycles. The fourth-order valence-electron chi connectivity index (χ4n) is 4.32. The van der Waals surface area contributed by atoms with E-state index in [-0.39, 0.29) is 11.8 Å². The molecule has 0 spiro atoms. The van der Waals surface area contributed by atoms with Gasteiger partial charge in [0.25, 0.3) is 0 Å². The summed E-state index contributed by atoms with van der Waals surface area (Å²) in [5.74, 6) is 1.25. The van der Waals surface area contributed by atoms with Crippen molar-refractivity contribution >= 4 is 6.08 Å². The average molecular weight is 458 g/mol. The number of allylic oxidation sites excluding steroid dienone is 1. The Morgan fingerprint density at radius 1 is 0.882 bits per heavy atom. The molecule has 3 aromatic rings. The molecular weight excluding hydrogens is 418 g/mol. The highest BCUT2D eigenvalue weighted by Crippen LogP contribution is 2.43. The van der Waals surface area contributed by atoms with Crippen molar-refractivity contribution in [2.75, 3.05) is 0 Å². The summed E-state index contributed by atoms with van der Waals surface area (Å²) in [7, 11) is 0. The van der Waals surface area contributed by atoms with Crippen LogP contribution in [0.4, 0.5) is 0 Å². The first-order chi connectivity index (χ1) is 16.3. The number of hydrogen-bond acceptors (Lipinski definition) is 3. The maximum atomic E-state index is 11.0. The Balaban J connectivity index is 2.29. The van der Waals surface area contributed by atoms with Crippen LogP contribution in [0.5, 0.6) is 5.75 Å². The monoisotopic (exact) mass is 457 g/mol. The summed E-state index contributed by atoms with van der Waals surface area (Å²) < 4.78 is 6.37. The second kappa shape index (κ2) is 12.0. The minimum atomic E-state index is -0.651. The second-order valence-corrected chi connectivity index (χ2v) is 9.53. The van der Waals surface area contributed by atoms with Crippen LogP contribution in [0.1, 0.15) is 100 Å². The van der Waals surface area contributed by atoms with Crippen LogP contribution in [0.15, 0.2) is 60.7 Å². The van der Waals surface area contributed by atoms with E-state index in [1.54, 1.807) is 0 Å². The maximum Gasteiger partial charge on any atom is 0.127 e. The minimum Gasteiger partial charge on any atom is -0.488 e. The number of para-hydroxylation sites is 1. The van der Waals surface area contributed by atoms with E-state index in [1.807, 2.05) is 43.3 Å². The van der Waals surface area contributed by atoms with E-state index in [2.05, 4.69) is 65.0 Å². The maximum absolute atomic E-state index is 11.0. The molecule has 3 heteroatoms. The number of aliphatic hydroxyl groups excluding tert-OH is 1. The number of rotatable bonds is 10. The smallest absolute Gasteiger partial charge is 0.127 e. The Morgan fingerprint density at radius 3 is 2.15 bits per heavy atom. The first-order valence-corrected chi connectivity index (χ1v) is 12.5. The molecule has 1 unspecified atom stereocenters. The van der Waals surface area contributed by atoms with Gasteiger partial charge in [-0.2, -0.15) is 0 Å². The van der Waals surface area contributed by atoms with Crippen LogP contribution in [0.3, 0.4) is 0 Å². The number of pyridine rings is 1. The van der Waals surface area contributed by atoms with Crippen LogP contribution in [-0.4, -0.2) is 10.1 Å². The third kappa shape index (κ3) is 5.95. The lowest BCUT2D eigenvalue weighted by atomic mass is 9.84. The van der Waals surface area contributed by atoms with Crippen LogP contribution in [0.25, 0.3) is 17.2 Å². The van der Waals surface area contributed by atoms with Crippen molar-refractivity contribution in [2.24, 2.45) is 0 Å². The molecule has 180 valence electrons. The summed E-state index contributed by atoms with van der Waals surface area (Å²) in [6.45, 7) is 13.2. The Hall–Kier alpha value is -2.91. The largest absolute Gasteiger partial charge is 0.488 e. The van der Waals surface area contributed by atoms with Gasteiger partial charge in [0.15, 0.2) is 0 Å². The van der Waals surface area contributed by atoms with Gasteiger partial charge in [0.1, 0.15) is 12.4 Å². The van der Waals surface area contributed by atoms with Gasteiger partial charge in [-0.1, -0.05) is 102 Å². The number of nitrogens with zero attached hydrogens (tertiary/aromatic N) is 1. The van der Waals surface area contributed by atoms with Crippen LogP contribution in [0, 0.1) is 0 Å². The SMILES string of the molecule is CCC/C=C/c1c(C(C)C)nc(C(C)C)c(C(C)O)c1-c1ccccc1OCc1ccccc1. The number of unbranched alkanes of at least 4 members (excludes halogenated alkanes) is 1. The molecule has 0 aliphatic carbocycles. The van der Waals surface area contributed by atoms with Crippen molar-refractivity contribution in [1.29, 1.82) is 0 Å². The van der Waals surface area contributed by atoms with Crippen LogP contribution < -0.4 is 4.74 Å². The lowest BCUT2D eigenvalue weighted by molar-refractivity contribution is 0.197. The number of ether oxygens (including phenoxy) is 1. The molecule has 0 aliphatic heterocycles. The normalized spacial score (nSPS) is 12.6. The van der Waals surface area contributed by atoms with Gasteiger partial charge in [-0.15, -0.1) is 0 Å². The van der Waals surface area contributed by atoms with Crippen molar-refractivity contribution in [1.82, 2.24) is 4.98 Å². The molecule has 0 aliphatic rings. The van der Waals surface area contributed by atoms with Crippen LogP contribution >= 0.6 is 0 Å². The molecule has 0 fully saturated rings. The molecule has 2 aromatic carbocycles. The lowest BCUT2D eigenvalue weighted by Gasteiger charge is -2.26. The number of aliphatic hydroxyl groups is 1. The molecule has 0 saturated carbocycles. The van der Waals surface area contributed by atoms with E-state index in [1.165, 1.54) is 0 Å². The molecule has 0 saturated heterocycles.